The lowest BCUT2D eigenvalue weighted by atomic mass is 10.2. The van der Waals surface area contributed by atoms with E-state index in [1.54, 1.807) is 12.1 Å². The Morgan fingerprint density at radius 3 is 3.00 bits per heavy atom. The van der Waals surface area contributed by atoms with Crippen molar-refractivity contribution in [3.8, 4) is 27.8 Å². The SMILES string of the molecule is COc1cc(-c2nc(C(=O)O)cs2)cc2c1OCO2. The van der Waals surface area contributed by atoms with E-state index in [-0.39, 0.29) is 12.5 Å². The molecule has 1 N–H and O–H groups in total. The normalized spacial score (nSPS) is 12.5. The van der Waals surface area contributed by atoms with E-state index < -0.39 is 5.97 Å². The summed E-state index contributed by atoms with van der Waals surface area (Å²) in [6, 6.07) is 3.51. The molecule has 1 aromatic heterocycles. The van der Waals surface area contributed by atoms with Crippen molar-refractivity contribution in [1.29, 1.82) is 0 Å². The minimum absolute atomic E-state index is 0.0247. The van der Waals surface area contributed by atoms with Gasteiger partial charge in [-0.15, -0.1) is 11.3 Å². The van der Waals surface area contributed by atoms with Gasteiger partial charge in [-0.1, -0.05) is 0 Å². The molecule has 6 nitrogen and oxygen atoms in total. The molecule has 3 rings (SSSR count). The number of carbonyl (C=O) groups is 1. The van der Waals surface area contributed by atoms with Crippen molar-refractivity contribution >= 4 is 17.3 Å². The molecule has 0 aliphatic carbocycles. The van der Waals surface area contributed by atoms with E-state index >= 15 is 0 Å². The van der Waals surface area contributed by atoms with Gasteiger partial charge in [0.25, 0.3) is 0 Å². The minimum Gasteiger partial charge on any atom is -0.493 e. The first-order chi connectivity index (χ1) is 9.19. The molecule has 1 aliphatic heterocycles. The lowest BCUT2D eigenvalue weighted by Crippen LogP contribution is -1.95. The topological polar surface area (TPSA) is 77.9 Å². The summed E-state index contributed by atoms with van der Waals surface area (Å²) in [5.41, 5.74) is 0.759. The van der Waals surface area contributed by atoms with Crippen molar-refractivity contribution in [3.63, 3.8) is 0 Å². The van der Waals surface area contributed by atoms with Crippen LogP contribution in [0.5, 0.6) is 17.2 Å². The van der Waals surface area contributed by atoms with Gasteiger partial charge < -0.3 is 19.3 Å². The van der Waals surface area contributed by atoms with Crippen LogP contribution in [0.2, 0.25) is 0 Å². The van der Waals surface area contributed by atoms with Crippen LogP contribution in [0.4, 0.5) is 0 Å². The average molecular weight is 279 g/mol. The Balaban J connectivity index is 2.07. The number of methoxy groups -OCH3 is 1. The van der Waals surface area contributed by atoms with Gasteiger partial charge in [0.1, 0.15) is 5.01 Å². The first-order valence-electron chi connectivity index (χ1n) is 5.36. The van der Waals surface area contributed by atoms with E-state index in [0.29, 0.717) is 22.3 Å². The number of hydrogen-bond donors (Lipinski definition) is 1. The third kappa shape index (κ3) is 1.97. The summed E-state index contributed by atoms with van der Waals surface area (Å²) in [7, 11) is 1.53. The van der Waals surface area contributed by atoms with E-state index in [9.17, 15) is 4.79 Å². The maximum absolute atomic E-state index is 10.8. The summed E-state index contributed by atoms with van der Waals surface area (Å²) in [4.78, 5) is 14.9. The van der Waals surface area contributed by atoms with E-state index in [4.69, 9.17) is 19.3 Å². The number of rotatable bonds is 3. The second-order valence-electron chi connectivity index (χ2n) is 3.76. The molecule has 0 fully saturated rings. The fourth-order valence-corrected chi connectivity index (χ4v) is 2.54. The smallest absolute Gasteiger partial charge is 0.355 e. The molecule has 0 atom stereocenters. The Morgan fingerprint density at radius 1 is 1.47 bits per heavy atom. The van der Waals surface area contributed by atoms with Crippen LogP contribution >= 0.6 is 11.3 Å². The number of thiazole rings is 1. The van der Waals surface area contributed by atoms with E-state index in [2.05, 4.69) is 4.98 Å². The Kier molecular flexibility index (Phi) is 2.75. The fourth-order valence-electron chi connectivity index (χ4n) is 1.76. The van der Waals surface area contributed by atoms with Gasteiger partial charge >= 0.3 is 5.97 Å². The monoisotopic (exact) mass is 279 g/mol. The summed E-state index contributed by atoms with van der Waals surface area (Å²) in [5, 5.41) is 11.0. The summed E-state index contributed by atoms with van der Waals surface area (Å²) >= 11 is 1.25. The number of benzene rings is 1. The zero-order chi connectivity index (χ0) is 13.4. The van der Waals surface area contributed by atoms with Gasteiger partial charge in [0, 0.05) is 10.9 Å². The first kappa shape index (κ1) is 11.8. The van der Waals surface area contributed by atoms with Crippen LogP contribution in [0.25, 0.3) is 10.6 Å². The highest BCUT2D eigenvalue weighted by molar-refractivity contribution is 7.13. The van der Waals surface area contributed by atoms with Crippen molar-refractivity contribution in [2.75, 3.05) is 13.9 Å². The Labute approximate surface area is 112 Å². The van der Waals surface area contributed by atoms with Crippen LogP contribution < -0.4 is 14.2 Å². The molecule has 0 spiro atoms. The number of nitrogens with zero attached hydrogens (tertiary/aromatic N) is 1. The molecule has 0 bridgehead atoms. The first-order valence-corrected chi connectivity index (χ1v) is 6.24. The second kappa shape index (κ2) is 4.43. The summed E-state index contributed by atoms with van der Waals surface area (Å²) in [6.45, 7) is 0.146. The molecule has 1 aliphatic rings. The quantitative estimate of drug-likeness (QED) is 0.928. The summed E-state index contributed by atoms with van der Waals surface area (Å²) in [5.74, 6) is 0.620. The number of aromatic nitrogens is 1. The van der Waals surface area contributed by atoms with E-state index in [1.807, 2.05) is 0 Å². The molecule has 0 radical (unpaired) electrons. The molecular weight excluding hydrogens is 270 g/mol. The van der Waals surface area contributed by atoms with E-state index in [1.165, 1.54) is 23.8 Å². The number of ether oxygens (including phenoxy) is 3. The van der Waals surface area contributed by atoms with Crippen LogP contribution in [-0.4, -0.2) is 30.0 Å². The van der Waals surface area contributed by atoms with Crippen molar-refractivity contribution in [3.05, 3.63) is 23.2 Å². The molecule has 2 heterocycles. The Hall–Kier alpha value is -2.28. The summed E-state index contributed by atoms with van der Waals surface area (Å²) in [6.07, 6.45) is 0. The predicted octanol–water partition coefficient (Wildman–Crippen LogP) is 2.25. The molecule has 0 saturated carbocycles. The standard InChI is InChI=1S/C12H9NO5S/c1-16-8-2-6(3-9-10(8)18-5-17-9)11-13-7(4-19-11)12(14)15/h2-4H,5H2,1H3,(H,14,15). The van der Waals surface area contributed by atoms with Gasteiger partial charge in [0.05, 0.1) is 7.11 Å². The van der Waals surface area contributed by atoms with Crippen LogP contribution in [-0.2, 0) is 0 Å². The lowest BCUT2D eigenvalue weighted by molar-refractivity contribution is 0.0691. The van der Waals surface area contributed by atoms with Crippen molar-refractivity contribution in [2.24, 2.45) is 0 Å². The number of fused-ring (bicyclic) bond motifs is 1. The average Bonchev–Trinajstić information content (AvgIpc) is 3.05. The predicted molar refractivity (Wildman–Crippen MR) is 67.2 cm³/mol. The van der Waals surface area contributed by atoms with Crippen LogP contribution in [0, 0.1) is 0 Å². The molecule has 1 aromatic carbocycles. The zero-order valence-corrected chi connectivity index (χ0v) is 10.7. The minimum atomic E-state index is -1.05. The highest BCUT2D eigenvalue weighted by Crippen LogP contribution is 2.44. The Morgan fingerprint density at radius 2 is 2.32 bits per heavy atom. The highest BCUT2D eigenvalue weighted by Gasteiger charge is 2.21. The summed E-state index contributed by atoms with van der Waals surface area (Å²) < 4.78 is 15.8. The molecule has 0 saturated heterocycles. The fraction of sp³-hybridized carbons (Fsp3) is 0.167. The second-order valence-corrected chi connectivity index (χ2v) is 4.61. The van der Waals surface area contributed by atoms with Gasteiger partial charge in [-0.2, -0.15) is 0 Å². The van der Waals surface area contributed by atoms with Crippen LogP contribution in [0.3, 0.4) is 0 Å². The Bertz CT molecular complexity index is 652. The number of aromatic carboxylic acids is 1. The number of carboxylic acids is 1. The highest BCUT2D eigenvalue weighted by atomic mass is 32.1. The van der Waals surface area contributed by atoms with Gasteiger partial charge in [-0.25, -0.2) is 9.78 Å². The molecule has 19 heavy (non-hydrogen) atoms. The number of carboxylic acid groups (broad SMARTS) is 1. The molecule has 0 amide bonds. The lowest BCUT2D eigenvalue weighted by Gasteiger charge is -2.06. The van der Waals surface area contributed by atoms with Gasteiger partial charge in [-0.3, -0.25) is 0 Å². The van der Waals surface area contributed by atoms with Crippen LogP contribution in [0.1, 0.15) is 10.5 Å². The molecule has 7 heteroatoms. The third-order valence-corrected chi connectivity index (χ3v) is 3.52. The maximum atomic E-state index is 10.8. The van der Waals surface area contributed by atoms with E-state index in [0.717, 1.165) is 5.56 Å². The van der Waals surface area contributed by atoms with Gasteiger partial charge in [0.15, 0.2) is 17.2 Å². The van der Waals surface area contributed by atoms with Crippen molar-refractivity contribution in [1.82, 2.24) is 4.98 Å². The van der Waals surface area contributed by atoms with Crippen LogP contribution in [0.15, 0.2) is 17.5 Å². The largest absolute Gasteiger partial charge is 0.493 e. The molecule has 0 unspecified atom stereocenters. The number of hydrogen-bond acceptors (Lipinski definition) is 6. The van der Waals surface area contributed by atoms with Crippen molar-refractivity contribution < 1.29 is 24.1 Å². The maximum Gasteiger partial charge on any atom is 0.355 e. The van der Waals surface area contributed by atoms with Crippen molar-refractivity contribution in [2.45, 2.75) is 0 Å². The zero-order valence-electron chi connectivity index (χ0n) is 9.87. The molecule has 2 aromatic rings. The molecule has 98 valence electrons. The van der Waals surface area contributed by atoms with Gasteiger partial charge in [-0.05, 0) is 12.1 Å². The van der Waals surface area contributed by atoms with Gasteiger partial charge in [0.2, 0.25) is 12.5 Å². The third-order valence-electron chi connectivity index (χ3n) is 2.63. The molecular formula is C12H9NO5S.